The number of hydrogen-bond donors (Lipinski definition) is 2. The molecule has 0 radical (unpaired) electrons. The molecule has 0 saturated heterocycles. The second-order valence-electron chi connectivity index (χ2n) is 5.77. The maximum Gasteiger partial charge on any atom is 0.273 e. The summed E-state index contributed by atoms with van der Waals surface area (Å²) in [6.45, 7) is 4.23. The van der Waals surface area contributed by atoms with Crippen molar-refractivity contribution in [2.75, 3.05) is 7.11 Å². The monoisotopic (exact) mass is 356 g/mol. The second-order valence-corrected chi connectivity index (χ2v) is 5.77. The summed E-state index contributed by atoms with van der Waals surface area (Å²) >= 11 is 0. The molecule has 0 aliphatic rings. The molecule has 2 heterocycles. The van der Waals surface area contributed by atoms with Crippen molar-refractivity contribution in [2.45, 2.75) is 27.0 Å². The van der Waals surface area contributed by atoms with E-state index in [2.05, 4.69) is 20.3 Å². The third-order valence-electron chi connectivity index (χ3n) is 3.63. The summed E-state index contributed by atoms with van der Waals surface area (Å²) in [7, 11) is 1.58. The van der Waals surface area contributed by atoms with E-state index < -0.39 is 0 Å². The molecule has 26 heavy (non-hydrogen) atoms. The molecule has 0 bridgehead atoms. The number of imidazole rings is 1. The van der Waals surface area contributed by atoms with Gasteiger partial charge in [0.15, 0.2) is 23.8 Å². The Morgan fingerprint density at radius 1 is 1.31 bits per heavy atom. The van der Waals surface area contributed by atoms with Gasteiger partial charge in [-0.3, -0.25) is 4.79 Å². The molecule has 0 aliphatic heterocycles. The Kier molecular flexibility index (Phi) is 5.21. The van der Waals surface area contributed by atoms with Crippen LogP contribution in [0.2, 0.25) is 0 Å². The fraction of sp³-hybridized carbons (Fsp3) is 0.278. The molecule has 0 spiro atoms. The molecule has 8 nitrogen and oxygen atoms in total. The highest BCUT2D eigenvalue weighted by Crippen LogP contribution is 2.28. The largest absolute Gasteiger partial charge is 0.493 e. The Morgan fingerprint density at radius 2 is 2.15 bits per heavy atom. The van der Waals surface area contributed by atoms with Crippen molar-refractivity contribution in [1.82, 2.24) is 20.3 Å². The topological polar surface area (TPSA) is 102 Å². The lowest BCUT2D eigenvalue weighted by molar-refractivity contribution is 0.0945. The van der Waals surface area contributed by atoms with Gasteiger partial charge in [-0.25, -0.2) is 9.97 Å². The van der Waals surface area contributed by atoms with E-state index in [9.17, 15) is 4.79 Å². The molecule has 0 unspecified atom stereocenters. The number of rotatable bonds is 7. The average molecular weight is 356 g/mol. The highest BCUT2D eigenvalue weighted by atomic mass is 16.5. The molecular formula is C18H20N4O4. The normalized spacial score (nSPS) is 10.6. The molecule has 3 rings (SSSR count). The number of carbonyl (C=O) groups is 1. The number of amides is 1. The third-order valence-corrected chi connectivity index (χ3v) is 3.63. The smallest absolute Gasteiger partial charge is 0.273 e. The summed E-state index contributed by atoms with van der Waals surface area (Å²) in [5.74, 6) is 1.83. The van der Waals surface area contributed by atoms with Crippen LogP contribution in [0.5, 0.6) is 11.5 Å². The van der Waals surface area contributed by atoms with Gasteiger partial charge < -0.3 is 24.2 Å². The number of ether oxygens (including phenoxy) is 2. The van der Waals surface area contributed by atoms with Gasteiger partial charge in [-0.15, -0.1) is 0 Å². The Morgan fingerprint density at radius 3 is 2.88 bits per heavy atom. The molecule has 1 aromatic carbocycles. The van der Waals surface area contributed by atoms with E-state index in [0.29, 0.717) is 23.2 Å². The van der Waals surface area contributed by atoms with Crippen LogP contribution in [-0.2, 0) is 13.2 Å². The molecule has 1 amide bonds. The fourth-order valence-electron chi connectivity index (χ4n) is 2.33. The van der Waals surface area contributed by atoms with Crippen molar-refractivity contribution >= 4 is 5.91 Å². The van der Waals surface area contributed by atoms with Gasteiger partial charge in [-0.1, -0.05) is 6.07 Å². The number of aromatic amines is 1. The standard InChI is InChI=1S/C18H20N4O4/c1-11-4-5-14(15(6-11)24-3)25-10-17-22-13(9-26-17)18(23)20-8-16-19-7-12(2)21-16/h4-7,9H,8,10H2,1-3H3,(H,19,21)(H,20,23). The number of methoxy groups -OCH3 is 1. The van der Waals surface area contributed by atoms with Crippen molar-refractivity contribution in [1.29, 1.82) is 0 Å². The number of hydrogen-bond acceptors (Lipinski definition) is 6. The quantitative estimate of drug-likeness (QED) is 0.674. The molecule has 0 atom stereocenters. The van der Waals surface area contributed by atoms with Crippen LogP contribution in [0, 0.1) is 13.8 Å². The van der Waals surface area contributed by atoms with Crippen LogP contribution in [0.4, 0.5) is 0 Å². The van der Waals surface area contributed by atoms with Crippen LogP contribution in [0.15, 0.2) is 35.1 Å². The van der Waals surface area contributed by atoms with Crippen molar-refractivity contribution in [2.24, 2.45) is 0 Å². The number of oxazole rings is 1. The van der Waals surface area contributed by atoms with Crippen molar-refractivity contribution in [3.63, 3.8) is 0 Å². The van der Waals surface area contributed by atoms with E-state index >= 15 is 0 Å². The predicted octanol–water partition coefficient (Wildman–Crippen LogP) is 2.53. The van der Waals surface area contributed by atoms with E-state index in [1.54, 1.807) is 13.3 Å². The summed E-state index contributed by atoms with van der Waals surface area (Å²) < 4.78 is 16.3. The fourth-order valence-corrected chi connectivity index (χ4v) is 2.33. The minimum Gasteiger partial charge on any atom is -0.493 e. The van der Waals surface area contributed by atoms with Gasteiger partial charge in [0.05, 0.1) is 13.7 Å². The summed E-state index contributed by atoms with van der Waals surface area (Å²) in [5, 5.41) is 2.72. The highest BCUT2D eigenvalue weighted by molar-refractivity contribution is 5.91. The van der Waals surface area contributed by atoms with E-state index in [1.807, 2.05) is 32.0 Å². The van der Waals surface area contributed by atoms with Gasteiger partial charge in [0, 0.05) is 11.9 Å². The average Bonchev–Trinajstić information content (AvgIpc) is 3.27. The van der Waals surface area contributed by atoms with Crippen LogP contribution in [0.1, 0.15) is 33.5 Å². The van der Waals surface area contributed by atoms with E-state index in [0.717, 1.165) is 11.3 Å². The van der Waals surface area contributed by atoms with Crippen molar-refractivity contribution < 1.29 is 18.7 Å². The zero-order valence-electron chi connectivity index (χ0n) is 14.8. The van der Waals surface area contributed by atoms with Crippen LogP contribution >= 0.6 is 0 Å². The SMILES string of the molecule is COc1cc(C)ccc1OCc1nc(C(=O)NCc2ncc(C)[nH]2)co1. The van der Waals surface area contributed by atoms with Crippen LogP contribution in [0.25, 0.3) is 0 Å². The number of aryl methyl sites for hydroxylation is 2. The predicted molar refractivity (Wildman–Crippen MR) is 93.1 cm³/mol. The van der Waals surface area contributed by atoms with Crippen LogP contribution < -0.4 is 14.8 Å². The number of nitrogens with zero attached hydrogens (tertiary/aromatic N) is 2. The summed E-state index contributed by atoms with van der Waals surface area (Å²) in [6.07, 6.45) is 3.00. The van der Waals surface area contributed by atoms with Gasteiger partial charge in [-0.2, -0.15) is 0 Å². The lowest BCUT2D eigenvalue weighted by Gasteiger charge is -2.09. The minimum absolute atomic E-state index is 0.0874. The number of carbonyl (C=O) groups excluding carboxylic acids is 1. The van der Waals surface area contributed by atoms with Crippen LogP contribution in [-0.4, -0.2) is 28.0 Å². The zero-order valence-corrected chi connectivity index (χ0v) is 14.8. The van der Waals surface area contributed by atoms with Crippen molar-refractivity contribution in [3.8, 4) is 11.5 Å². The number of aromatic nitrogens is 3. The lowest BCUT2D eigenvalue weighted by Crippen LogP contribution is -2.23. The Labute approximate surface area is 150 Å². The van der Waals surface area contributed by atoms with E-state index in [4.69, 9.17) is 13.9 Å². The van der Waals surface area contributed by atoms with Gasteiger partial charge >= 0.3 is 0 Å². The molecule has 2 N–H and O–H groups in total. The summed E-state index contributed by atoms with van der Waals surface area (Å²) in [5.41, 5.74) is 2.18. The number of H-pyrrole nitrogens is 1. The molecule has 0 aliphatic carbocycles. The molecule has 0 fully saturated rings. The molecule has 3 aromatic rings. The molecule has 8 heteroatoms. The van der Waals surface area contributed by atoms with E-state index in [-0.39, 0.29) is 24.8 Å². The first-order chi connectivity index (χ1) is 12.5. The minimum atomic E-state index is -0.345. The maximum atomic E-state index is 12.1. The lowest BCUT2D eigenvalue weighted by atomic mass is 10.2. The van der Waals surface area contributed by atoms with Gasteiger partial charge in [0.2, 0.25) is 5.89 Å². The van der Waals surface area contributed by atoms with Gasteiger partial charge in [-0.05, 0) is 31.5 Å². The first-order valence-corrected chi connectivity index (χ1v) is 8.05. The molecule has 136 valence electrons. The number of benzene rings is 1. The van der Waals surface area contributed by atoms with E-state index in [1.165, 1.54) is 6.26 Å². The maximum absolute atomic E-state index is 12.1. The number of nitrogens with one attached hydrogen (secondary N) is 2. The van der Waals surface area contributed by atoms with Crippen LogP contribution in [0.3, 0.4) is 0 Å². The van der Waals surface area contributed by atoms with Gasteiger partial charge in [0.1, 0.15) is 12.1 Å². The third kappa shape index (κ3) is 4.21. The first kappa shape index (κ1) is 17.5. The summed E-state index contributed by atoms with van der Waals surface area (Å²) in [6, 6.07) is 5.61. The molecule has 2 aromatic heterocycles. The van der Waals surface area contributed by atoms with Gasteiger partial charge in [0.25, 0.3) is 5.91 Å². The Bertz CT molecular complexity index is 900. The Balaban J connectivity index is 1.56. The van der Waals surface area contributed by atoms with Crippen molar-refractivity contribution in [3.05, 3.63) is 59.3 Å². The first-order valence-electron chi connectivity index (χ1n) is 8.05. The molecular weight excluding hydrogens is 336 g/mol. The zero-order chi connectivity index (χ0) is 18.5. The molecule has 0 saturated carbocycles. The highest BCUT2D eigenvalue weighted by Gasteiger charge is 2.14. The Hall–Kier alpha value is -3.29. The summed E-state index contributed by atoms with van der Waals surface area (Å²) in [4.78, 5) is 23.4. The second kappa shape index (κ2) is 7.73.